The number of aryl methyl sites for hydroxylation is 1. The van der Waals surface area contributed by atoms with Crippen LogP contribution in [0.1, 0.15) is 44.7 Å². The van der Waals surface area contributed by atoms with Gasteiger partial charge in [0, 0.05) is 6.04 Å². The van der Waals surface area contributed by atoms with Gasteiger partial charge >= 0.3 is 0 Å². The third kappa shape index (κ3) is 4.69. The highest BCUT2D eigenvalue weighted by atomic mass is 16.5. The second-order valence-corrected chi connectivity index (χ2v) is 5.31. The van der Waals surface area contributed by atoms with Crippen LogP contribution in [0, 0.1) is 12.8 Å². The molecule has 0 saturated carbocycles. The van der Waals surface area contributed by atoms with Crippen LogP contribution < -0.4 is 10.5 Å². The van der Waals surface area contributed by atoms with E-state index in [9.17, 15) is 0 Å². The fourth-order valence-electron chi connectivity index (χ4n) is 1.79. The summed E-state index contributed by atoms with van der Waals surface area (Å²) in [4.78, 5) is 0. The van der Waals surface area contributed by atoms with Crippen LogP contribution in [0.2, 0.25) is 0 Å². The first-order valence-electron chi connectivity index (χ1n) is 7.04. The lowest BCUT2D eigenvalue weighted by Gasteiger charge is -2.17. The molecule has 0 heterocycles. The van der Waals surface area contributed by atoms with E-state index >= 15 is 0 Å². The molecule has 0 fully saturated rings. The molecule has 0 saturated heterocycles. The highest BCUT2D eigenvalue weighted by molar-refractivity contribution is 5.37. The zero-order chi connectivity index (χ0) is 13.5. The average Bonchev–Trinajstić information content (AvgIpc) is 2.37. The van der Waals surface area contributed by atoms with Crippen molar-refractivity contribution in [2.45, 2.75) is 53.0 Å². The van der Waals surface area contributed by atoms with Crippen LogP contribution >= 0.6 is 0 Å². The van der Waals surface area contributed by atoms with Crippen LogP contribution in [-0.2, 0) is 6.42 Å². The van der Waals surface area contributed by atoms with Gasteiger partial charge in [0.1, 0.15) is 5.75 Å². The first-order valence-corrected chi connectivity index (χ1v) is 7.04. The summed E-state index contributed by atoms with van der Waals surface area (Å²) in [5.74, 6) is 1.60. The third-order valence-corrected chi connectivity index (χ3v) is 3.44. The average molecular weight is 249 g/mol. The Morgan fingerprint density at radius 1 is 1.22 bits per heavy atom. The summed E-state index contributed by atoms with van der Waals surface area (Å²) in [6.07, 6.45) is 3.04. The van der Waals surface area contributed by atoms with Crippen molar-refractivity contribution in [1.82, 2.24) is 0 Å². The van der Waals surface area contributed by atoms with Gasteiger partial charge < -0.3 is 10.5 Å². The Labute approximate surface area is 112 Å². The van der Waals surface area contributed by atoms with Gasteiger partial charge in [0.05, 0.1) is 6.61 Å². The first-order chi connectivity index (χ1) is 8.56. The fraction of sp³-hybridized carbons (Fsp3) is 0.625. The van der Waals surface area contributed by atoms with E-state index in [4.69, 9.17) is 10.5 Å². The molecule has 2 unspecified atom stereocenters. The van der Waals surface area contributed by atoms with Crippen LogP contribution in [0.25, 0.3) is 0 Å². The quantitative estimate of drug-likeness (QED) is 0.799. The minimum atomic E-state index is 0.220. The van der Waals surface area contributed by atoms with Gasteiger partial charge in [-0.25, -0.2) is 0 Å². The lowest BCUT2D eigenvalue weighted by atomic mass is 10.0. The molecule has 0 bridgehead atoms. The minimum Gasteiger partial charge on any atom is -0.493 e. The van der Waals surface area contributed by atoms with Crippen LogP contribution in [0.3, 0.4) is 0 Å². The highest BCUT2D eigenvalue weighted by Gasteiger charge is 2.09. The van der Waals surface area contributed by atoms with Gasteiger partial charge in [-0.1, -0.05) is 44.9 Å². The molecule has 1 aromatic rings. The Morgan fingerprint density at radius 2 is 1.94 bits per heavy atom. The van der Waals surface area contributed by atoms with Crippen molar-refractivity contribution < 1.29 is 4.74 Å². The summed E-state index contributed by atoms with van der Waals surface area (Å²) in [6.45, 7) is 9.43. The molecule has 2 N–H and O–H groups in total. The molecule has 0 aromatic heterocycles. The standard InChI is InChI=1S/C16H27NO/c1-5-12(3)11-18-16-8-7-13(4)9-14(16)10-15(17)6-2/h7-9,12,15H,5-6,10-11,17H2,1-4H3. The number of hydrogen-bond donors (Lipinski definition) is 1. The highest BCUT2D eigenvalue weighted by Crippen LogP contribution is 2.22. The van der Waals surface area contributed by atoms with Gasteiger partial charge in [-0.3, -0.25) is 0 Å². The Morgan fingerprint density at radius 3 is 2.56 bits per heavy atom. The molecule has 2 nitrogen and oxygen atoms in total. The monoisotopic (exact) mass is 249 g/mol. The van der Waals surface area contributed by atoms with Crippen LogP contribution in [0.4, 0.5) is 0 Å². The number of nitrogens with two attached hydrogens (primary N) is 1. The summed E-state index contributed by atoms with van der Waals surface area (Å²) >= 11 is 0. The van der Waals surface area contributed by atoms with Crippen LogP contribution in [0.15, 0.2) is 18.2 Å². The predicted molar refractivity (Wildman–Crippen MR) is 78.1 cm³/mol. The van der Waals surface area contributed by atoms with Crippen LogP contribution in [-0.4, -0.2) is 12.6 Å². The van der Waals surface area contributed by atoms with E-state index in [0.29, 0.717) is 5.92 Å². The molecule has 2 atom stereocenters. The molecular formula is C16H27NO. The van der Waals surface area contributed by atoms with E-state index in [0.717, 1.165) is 31.6 Å². The summed E-state index contributed by atoms with van der Waals surface area (Å²) in [6, 6.07) is 6.60. The maximum Gasteiger partial charge on any atom is 0.122 e. The normalized spacial score (nSPS) is 14.3. The molecule has 1 rings (SSSR count). The molecule has 1 aromatic carbocycles. The Balaban J connectivity index is 2.76. The van der Waals surface area contributed by atoms with Crippen molar-refractivity contribution in [2.24, 2.45) is 11.7 Å². The SMILES string of the molecule is CCC(C)COc1ccc(C)cc1CC(N)CC. The van der Waals surface area contributed by atoms with Gasteiger partial charge in [-0.15, -0.1) is 0 Å². The molecule has 0 aliphatic carbocycles. The summed E-state index contributed by atoms with van der Waals surface area (Å²) in [5, 5.41) is 0. The van der Waals surface area contributed by atoms with Gasteiger partial charge in [-0.2, -0.15) is 0 Å². The topological polar surface area (TPSA) is 35.2 Å². The summed E-state index contributed by atoms with van der Waals surface area (Å²) in [7, 11) is 0. The molecule has 102 valence electrons. The number of benzene rings is 1. The van der Waals surface area contributed by atoms with Crippen molar-refractivity contribution in [3.63, 3.8) is 0 Å². The van der Waals surface area contributed by atoms with Gasteiger partial charge in [0.2, 0.25) is 0 Å². The number of hydrogen-bond acceptors (Lipinski definition) is 2. The lowest BCUT2D eigenvalue weighted by molar-refractivity contribution is 0.254. The van der Waals surface area contributed by atoms with Crippen molar-refractivity contribution >= 4 is 0 Å². The first kappa shape index (κ1) is 15.0. The lowest BCUT2D eigenvalue weighted by Crippen LogP contribution is -2.22. The zero-order valence-corrected chi connectivity index (χ0v) is 12.2. The van der Waals surface area contributed by atoms with Gasteiger partial charge in [0.25, 0.3) is 0 Å². The predicted octanol–water partition coefficient (Wildman–Crippen LogP) is 3.70. The van der Waals surface area contributed by atoms with E-state index in [2.05, 4.69) is 45.9 Å². The van der Waals surface area contributed by atoms with Crippen LogP contribution in [0.5, 0.6) is 5.75 Å². The largest absolute Gasteiger partial charge is 0.493 e. The molecular weight excluding hydrogens is 222 g/mol. The van der Waals surface area contributed by atoms with Crippen molar-refractivity contribution in [3.05, 3.63) is 29.3 Å². The second-order valence-electron chi connectivity index (χ2n) is 5.31. The fourth-order valence-corrected chi connectivity index (χ4v) is 1.79. The summed E-state index contributed by atoms with van der Waals surface area (Å²) < 4.78 is 5.93. The van der Waals surface area contributed by atoms with Crippen molar-refractivity contribution in [2.75, 3.05) is 6.61 Å². The minimum absolute atomic E-state index is 0.220. The molecule has 0 radical (unpaired) electrons. The maximum atomic E-state index is 6.05. The van der Waals surface area contributed by atoms with Gasteiger partial charge in [0.15, 0.2) is 0 Å². The molecule has 18 heavy (non-hydrogen) atoms. The number of rotatable bonds is 7. The van der Waals surface area contributed by atoms with Crippen molar-refractivity contribution in [1.29, 1.82) is 0 Å². The Bertz CT molecular complexity index is 362. The van der Waals surface area contributed by atoms with E-state index in [-0.39, 0.29) is 6.04 Å². The van der Waals surface area contributed by atoms with Gasteiger partial charge in [-0.05, 0) is 37.3 Å². The van der Waals surface area contributed by atoms with E-state index in [1.54, 1.807) is 0 Å². The van der Waals surface area contributed by atoms with E-state index in [1.807, 2.05) is 0 Å². The molecule has 0 aliphatic rings. The van der Waals surface area contributed by atoms with Crippen molar-refractivity contribution in [3.8, 4) is 5.75 Å². The van der Waals surface area contributed by atoms with E-state index < -0.39 is 0 Å². The smallest absolute Gasteiger partial charge is 0.122 e. The molecule has 0 amide bonds. The number of ether oxygens (including phenoxy) is 1. The molecule has 0 aliphatic heterocycles. The Hall–Kier alpha value is -1.02. The third-order valence-electron chi connectivity index (χ3n) is 3.44. The molecule has 2 heteroatoms. The maximum absolute atomic E-state index is 6.05. The Kier molecular flexibility index (Phi) is 6.20. The molecule has 0 spiro atoms. The van der Waals surface area contributed by atoms with E-state index in [1.165, 1.54) is 11.1 Å². The summed E-state index contributed by atoms with van der Waals surface area (Å²) in [5.41, 5.74) is 8.56. The second kappa shape index (κ2) is 7.42. The zero-order valence-electron chi connectivity index (χ0n) is 12.2.